The number of nitrogens with one attached hydrogen (secondary N) is 1. The molecule has 1 unspecified atom stereocenters. The number of hydrogen-bond donors (Lipinski definition) is 1. The second kappa shape index (κ2) is 4.91. The van der Waals surface area contributed by atoms with Gasteiger partial charge in [-0.2, -0.15) is 0 Å². The Morgan fingerprint density at radius 2 is 2.29 bits per heavy atom. The Labute approximate surface area is 89.1 Å². The molecular weight excluding hydrogens is 218 g/mol. The van der Waals surface area contributed by atoms with E-state index in [9.17, 15) is 8.42 Å². The largest absolute Gasteiger partial charge is 0.308 e. The summed E-state index contributed by atoms with van der Waals surface area (Å²) < 4.78 is 21.7. The van der Waals surface area contributed by atoms with Gasteiger partial charge in [-0.05, 0) is 18.4 Å². The highest BCUT2D eigenvalue weighted by Crippen LogP contribution is 2.17. The van der Waals surface area contributed by atoms with Crippen molar-refractivity contribution in [2.45, 2.75) is 13.0 Å². The molecule has 3 nitrogen and oxygen atoms in total. The Morgan fingerprint density at radius 1 is 1.57 bits per heavy atom. The fraction of sp³-hybridized carbons (Fsp3) is 0.556. The maximum atomic E-state index is 10.9. The lowest BCUT2D eigenvalue weighted by atomic mass is 10.3. The summed E-state index contributed by atoms with van der Waals surface area (Å²) in [5, 5.41) is 5.19. The SMILES string of the molecule is CC(NCCS(C)(=O)=O)c1cccs1. The lowest BCUT2D eigenvalue weighted by molar-refractivity contribution is 0.579. The van der Waals surface area contributed by atoms with Gasteiger partial charge in [0.2, 0.25) is 0 Å². The first-order chi connectivity index (χ1) is 6.49. The monoisotopic (exact) mass is 233 g/mol. The minimum absolute atomic E-state index is 0.197. The third kappa shape index (κ3) is 4.21. The summed E-state index contributed by atoms with van der Waals surface area (Å²) >= 11 is 1.68. The summed E-state index contributed by atoms with van der Waals surface area (Å²) in [6.07, 6.45) is 1.25. The van der Waals surface area contributed by atoms with Crippen LogP contribution in [0.25, 0.3) is 0 Å². The van der Waals surface area contributed by atoms with E-state index in [1.165, 1.54) is 11.1 Å². The van der Waals surface area contributed by atoms with Gasteiger partial charge >= 0.3 is 0 Å². The second-order valence-corrected chi connectivity index (χ2v) is 6.56. The van der Waals surface area contributed by atoms with Gasteiger partial charge in [0.15, 0.2) is 0 Å². The molecule has 1 atom stereocenters. The van der Waals surface area contributed by atoms with Crippen LogP contribution in [0.1, 0.15) is 17.8 Å². The van der Waals surface area contributed by atoms with E-state index in [-0.39, 0.29) is 11.8 Å². The van der Waals surface area contributed by atoms with E-state index in [1.807, 2.05) is 24.4 Å². The van der Waals surface area contributed by atoms with Gasteiger partial charge < -0.3 is 5.32 Å². The standard InChI is InChI=1S/C9H15NO2S2/c1-8(9-4-3-6-13-9)10-5-7-14(2,11)12/h3-4,6,8,10H,5,7H2,1-2H3. The van der Waals surface area contributed by atoms with Crippen LogP contribution in [0.4, 0.5) is 0 Å². The molecular formula is C9H15NO2S2. The van der Waals surface area contributed by atoms with Crippen LogP contribution in [0.5, 0.6) is 0 Å². The van der Waals surface area contributed by atoms with E-state index in [2.05, 4.69) is 5.32 Å². The molecule has 1 N–H and O–H groups in total. The lowest BCUT2D eigenvalue weighted by Crippen LogP contribution is -2.24. The van der Waals surface area contributed by atoms with Gasteiger partial charge in [-0.25, -0.2) is 8.42 Å². The normalized spacial score (nSPS) is 14.1. The average molecular weight is 233 g/mol. The molecule has 0 amide bonds. The summed E-state index contributed by atoms with van der Waals surface area (Å²) in [6.45, 7) is 2.55. The van der Waals surface area contributed by atoms with Gasteiger partial charge in [0.1, 0.15) is 9.84 Å². The molecule has 0 aliphatic rings. The molecule has 1 rings (SSSR count). The summed E-state index contributed by atoms with van der Waals surface area (Å²) in [6, 6.07) is 4.27. The Kier molecular flexibility index (Phi) is 4.10. The summed E-state index contributed by atoms with van der Waals surface area (Å²) in [5.41, 5.74) is 0. The Hall–Kier alpha value is -0.390. The zero-order valence-corrected chi connectivity index (χ0v) is 9.99. The van der Waals surface area contributed by atoms with Crippen molar-refractivity contribution in [2.24, 2.45) is 0 Å². The molecule has 1 heterocycles. The molecule has 0 radical (unpaired) electrons. The van der Waals surface area contributed by atoms with E-state index in [0.29, 0.717) is 6.54 Å². The Balaban J connectivity index is 2.33. The topological polar surface area (TPSA) is 46.2 Å². The van der Waals surface area contributed by atoms with E-state index >= 15 is 0 Å². The van der Waals surface area contributed by atoms with Crippen LogP contribution >= 0.6 is 11.3 Å². The molecule has 0 bridgehead atoms. The van der Waals surface area contributed by atoms with Crippen molar-refractivity contribution in [3.8, 4) is 0 Å². The van der Waals surface area contributed by atoms with Crippen LogP contribution in [-0.2, 0) is 9.84 Å². The van der Waals surface area contributed by atoms with E-state index < -0.39 is 9.84 Å². The van der Waals surface area contributed by atoms with Crippen LogP contribution < -0.4 is 5.32 Å². The number of rotatable bonds is 5. The van der Waals surface area contributed by atoms with Gasteiger partial charge in [0.25, 0.3) is 0 Å². The predicted octanol–water partition coefficient (Wildman–Crippen LogP) is 1.44. The van der Waals surface area contributed by atoms with Crippen molar-refractivity contribution in [1.82, 2.24) is 5.32 Å². The highest BCUT2D eigenvalue weighted by atomic mass is 32.2. The zero-order chi connectivity index (χ0) is 10.6. The highest BCUT2D eigenvalue weighted by molar-refractivity contribution is 7.90. The van der Waals surface area contributed by atoms with E-state index in [0.717, 1.165) is 0 Å². The molecule has 1 aromatic heterocycles. The van der Waals surface area contributed by atoms with Crippen LogP contribution in [0.15, 0.2) is 17.5 Å². The van der Waals surface area contributed by atoms with Crippen LogP contribution in [0.2, 0.25) is 0 Å². The molecule has 0 saturated heterocycles. The zero-order valence-electron chi connectivity index (χ0n) is 8.36. The molecule has 0 saturated carbocycles. The van der Waals surface area contributed by atoms with Crippen molar-refractivity contribution in [2.75, 3.05) is 18.6 Å². The quantitative estimate of drug-likeness (QED) is 0.837. The molecule has 1 aromatic rings. The third-order valence-corrected chi connectivity index (χ3v) is 3.89. The second-order valence-electron chi connectivity index (χ2n) is 3.32. The minimum atomic E-state index is -2.85. The molecule has 80 valence electrons. The van der Waals surface area contributed by atoms with Crippen molar-refractivity contribution in [1.29, 1.82) is 0 Å². The van der Waals surface area contributed by atoms with Gasteiger partial charge in [-0.1, -0.05) is 6.07 Å². The molecule has 0 aliphatic carbocycles. The molecule has 0 aromatic carbocycles. The first kappa shape index (κ1) is 11.7. The summed E-state index contributed by atoms with van der Waals surface area (Å²) in [4.78, 5) is 1.23. The van der Waals surface area contributed by atoms with Gasteiger partial charge in [0, 0.05) is 23.7 Å². The van der Waals surface area contributed by atoms with Gasteiger partial charge in [-0.15, -0.1) is 11.3 Å². The maximum absolute atomic E-state index is 10.9. The van der Waals surface area contributed by atoms with Gasteiger partial charge in [0.05, 0.1) is 5.75 Å². The van der Waals surface area contributed by atoms with Gasteiger partial charge in [-0.3, -0.25) is 0 Å². The third-order valence-electron chi connectivity index (χ3n) is 1.89. The molecule has 14 heavy (non-hydrogen) atoms. The minimum Gasteiger partial charge on any atom is -0.308 e. The first-order valence-corrected chi connectivity index (χ1v) is 7.37. The predicted molar refractivity (Wildman–Crippen MR) is 60.4 cm³/mol. The fourth-order valence-corrected chi connectivity index (χ4v) is 2.35. The number of sulfone groups is 1. The molecule has 0 aliphatic heterocycles. The maximum Gasteiger partial charge on any atom is 0.148 e. The average Bonchev–Trinajstić information content (AvgIpc) is 2.53. The number of thiophene rings is 1. The number of hydrogen-bond acceptors (Lipinski definition) is 4. The van der Waals surface area contributed by atoms with E-state index in [4.69, 9.17) is 0 Å². The first-order valence-electron chi connectivity index (χ1n) is 4.43. The van der Waals surface area contributed by atoms with Crippen LogP contribution in [-0.4, -0.2) is 27.0 Å². The van der Waals surface area contributed by atoms with Crippen LogP contribution in [0.3, 0.4) is 0 Å². The Bertz CT molecular complexity index is 356. The van der Waals surface area contributed by atoms with Crippen molar-refractivity contribution < 1.29 is 8.42 Å². The van der Waals surface area contributed by atoms with Crippen molar-refractivity contribution in [3.05, 3.63) is 22.4 Å². The van der Waals surface area contributed by atoms with Crippen LogP contribution in [0, 0.1) is 0 Å². The molecule has 0 spiro atoms. The van der Waals surface area contributed by atoms with Crippen molar-refractivity contribution in [3.63, 3.8) is 0 Å². The summed E-state index contributed by atoms with van der Waals surface area (Å²) in [5.74, 6) is 0.197. The van der Waals surface area contributed by atoms with Crippen molar-refractivity contribution >= 4 is 21.2 Å². The molecule has 5 heteroatoms. The Morgan fingerprint density at radius 3 is 2.79 bits per heavy atom. The smallest absolute Gasteiger partial charge is 0.148 e. The highest BCUT2D eigenvalue weighted by Gasteiger charge is 2.07. The van der Waals surface area contributed by atoms with E-state index in [1.54, 1.807) is 11.3 Å². The summed E-state index contributed by atoms with van der Waals surface area (Å²) in [7, 11) is -2.85. The lowest BCUT2D eigenvalue weighted by Gasteiger charge is -2.10. The fourth-order valence-electron chi connectivity index (χ4n) is 1.10. The molecule has 0 fully saturated rings.